The molecule has 7 nitrogen and oxygen atoms in total. The fourth-order valence-corrected chi connectivity index (χ4v) is 3.13. The van der Waals surface area contributed by atoms with Gasteiger partial charge in [0, 0.05) is 5.92 Å². The third kappa shape index (κ3) is 7.49. The molecule has 0 spiro atoms. The molecule has 0 radical (unpaired) electrons. The summed E-state index contributed by atoms with van der Waals surface area (Å²) in [7, 11) is 0. The molecule has 1 fully saturated rings. The van der Waals surface area contributed by atoms with E-state index in [4.69, 9.17) is 9.47 Å². The number of nitrogens with one attached hydrogen (secondary N) is 1. The standard InChI is InChI=1S/C22H32N2O5/c1-21(2,3)28-18(25)14-24-19(26)16(12-15-10-8-7-9-11-15)13-17(23-24)20(27)29-22(4,5)6/h7-11,16-17,23H,12-14H2,1-6H3/t16-,17-/m0/s1. The van der Waals surface area contributed by atoms with Crippen molar-refractivity contribution < 1.29 is 23.9 Å². The van der Waals surface area contributed by atoms with E-state index in [1.165, 1.54) is 5.01 Å². The lowest BCUT2D eigenvalue weighted by Gasteiger charge is -2.38. The third-order valence-corrected chi connectivity index (χ3v) is 4.17. The zero-order valence-corrected chi connectivity index (χ0v) is 18.2. The van der Waals surface area contributed by atoms with E-state index in [1.807, 2.05) is 30.3 Å². The molecule has 7 heteroatoms. The van der Waals surface area contributed by atoms with Gasteiger partial charge in [0.2, 0.25) is 5.91 Å². The Labute approximate surface area is 172 Å². The molecule has 0 unspecified atom stereocenters. The molecule has 160 valence electrons. The second-order valence-electron chi connectivity index (χ2n) is 9.35. The summed E-state index contributed by atoms with van der Waals surface area (Å²) >= 11 is 0. The third-order valence-electron chi connectivity index (χ3n) is 4.17. The number of nitrogens with zero attached hydrogens (tertiary/aromatic N) is 1. The van der Waals surface area contributed by atoms with Crippen molar-refractivity contribution in [1.29, 1.82) is 0 Å². The first-order valence-electron chi connectivity index (χ1n) is 9.90. The van der Waals surface area contributed by atoms with E-state index in [9.17, 15) is 14.4 Å². The Bertz CT molecular complexity index is 734. The molecule has 29 heavy (non-hydrogen) atoms. The highest BCUT2D eigenvalue weighted by Crippen LogP contribution is 2.23. The lowest BCUT2D eigenvalue weighted by Crippen LogP contribution is -2.61. The van der Waals surface area contributed by atoms with Crippen LogP contribution in [0.4, 0.5) is 0 Å². The van der Waals surface area contributed by atoms with Crippen molar-refractivity contribution in [3.05, 3.63) is 35.9 Å². The molecule has 0 saturated carbocycles. The van der Waals surface area contributed by atoms with Gasteiger partial charge < -0.3 is 9.47 Å². The van der Waals surface area contributed by atoms with Crippen LogP contribution < -0.4 is 5.43 Å². The van der Waals surface area contributed by atoms with Crippen LogP contribution in [0.2, 0.25) is 0 Å². The van der Waals surface area contributed by atoms with E-state index in [1.54, 1.807) is 41.5 Å². The molecule has 1 aliphatic heterocycles. The first-order chi connectivity index (χ1) is 13.3. The molecule has 0 aliphatic carbocycles. The molecule has 2 atom stereocenters. The minimum absolute atomic E-state index is 0.237. The van der Waals surface area contributed by atoms with E-state index in [2.05, 4.69) is 5.43 Å². The number of carbonyl (C=O) groups is 3. The molecule has 1 amide bonds. The Morgan fingerprint density at radius 2 is 1.62 bits per heavy atom. The van der Waals surface area contributed by atoms with Crippen LogP contribution in [0.3, 0.4) is 0 Å². The minimum atomic E-state index is -0.719. The van der Waals surface area contributed by atoms with Crippen LogP contribution in [0.1, 0.15) is 53.5 Å². The summed E-state index contributed by atoms with van der Waals surface area (Å²) < 4.78 is 10.8. The molecule has 1 aliphatic rings. The Morgan fingerprint density at radius 3 is 2.17 bits per heavy atom. The van der Waals surface area contributed by atoms with Crippen molar-refractivity contribution in [2.75, 3.05) is 6.54 Å². The molecule has 1 aromatic carbocycles. The van der Waals surface area contributed by atoms with Crippen molar-refractivity contribution >= 4 is 17.8 Å². The van der Waals surface area contributed by atoms with Gasteiger partial charge >= 0.3 is 11.9 Å². The number of benzene rings is 1. The van der Waals surface area contributed by atoms with E-state index in [0.717, 1.165) is 5.56 Å². The smallest absolute Gasteiger partial charge is 0.327 e. The van der Waals surface area contributed by atoms with Crippen molar-refractivity contribution in [3.8, 4) is 0 Å². The van der Waals surface area contributed by atoms with Gasteiger partial charge in [0.1, 0.15) is 23.8 Å². The van der Waals surface area contributed by atoms with Gasteiger partial charge in [-0.25, -0.2) is 5.43 Å². The molecular weight excluding hydrogens is 372 g/mol. The van der Waals surface area contributed by atoms with Crippen LogP contribution in [0.15, 0.2) is 30.3 Å². The first kappa shape index (κ1) is 22.9. The Balaban J connectivity index is 2.18. The summed E-state index contributed by atoms with van der Waals surface area (Å²) in [6, 6.07) is 8.89. The maximum Gasteiger partial charge on any atom is 0.327 e. The number of rotatable bonds is 5. The lowest BCUT2D eigenvalue weighted by atomic mass is 9.90. The van der Waals surface area contributed by atoms with E-state index in [-0.39, 0.29) is 12.5 Å². The fourth-order valence-electron chi connectivity index (χ4n) is 3.13. The largest absolute Gasteiger partial charge is 0.459 e. The van der Waals surface area contributed by atoms with Crippen molar-refractivity contribution in [3.63, 3.8) is 0 Å². The SMILES string of the molecule is CC(C)(C)OC(=O)CN1N[C@H](C(=O)OC(C)(C)C)C[C@H](Cc2ccccc2)C1=O. The number of amides is 1. The highest BCUT2D eigenvalue weighted by atomic mass is 16.6. The van der Waals surface area contributed by atoms with Gasteiger partial charge in [0.05, 0.1) is 0 Å². The van der Waals surface area contributed by atoms with Gasteiger partial charge in [-0.2, -0.15) is 0 Å². The van der Waals surface area contributed by atoms with Crippen molar-refractivity contribution in [2.45, 2.75) is 71.6 Å². The molecule has 1 heterocycles. The fraction of sp³-hybridized carbons (Fsp3) is 0.591. The van der Waals surface area contributed by atoms with Crippen LogP contribution in [0, 0.1) is 5.92 Å². The molecule has 1 aromatic rings. The number of esters is 2. The zero-order valence-electron chi connectivity index (χ0n) is 18.2. The topological polar surface area (TPSA) is 84.9 Å². The van der Waals surface area contributed by atoms with Crippen LogP contribution in [0.25, 0.3) is 0 Å². The molecule has 0 bridgehead atoms. The number of hydrogen-bond donors (Lipinski definition) is 1. The molecule has 2 rings (SSSR count). The molecule has 0 aromatic heterocycles. The summed E-state index contributed by atoms with van der Waals surface area (Å²) in [6.07, 6.45) is 0.777. The number of ether oxygens (including phenoxy) is 2. The summed E-state index contributed by atoms with van der Waals surface area (Å²) in [5.74, 6) is -1.67. The highest BCUT2D eigenvalue weighted by molar-refractivity contribution is 5.87. The average molecular weight is 405 g/mol. The van der Waals surface area contributed by atoms with Gasteiger partial charge in [-0.1, -0.05) is 30.3 Å². The maximum absolute atomic E-state index is 13.0. The van der Waals surface area contributed by atoms with E-state index >= 15 is 0 Å². The van der Waals surface area contributed by atoms with Crippen LogP contribution in [-0.4, -0.2) is 46.6 Å². The van der Waals surface area contributed by atoms with Gasteiger partial charge in [-0.15, -0.1) is 0 Å². The summed E-state index contributed by atoms with van der Waals surface area (Å²) in [5, 5.41) is 1.19. The van der Waals surface area contributed by atoms with Crippen LogP contribution in [0.5, 0.6) is 0 Å². The minimum Gasteiger partial charge on any atom is -0.459 e. The van der Waals surface area contributed by atoms with Crippen molar-refractivity contribution in [1.82, 2.24) is 10.4 Å². The number of hydrogen-bond acceptors (Lipinski definition) is 6. The second-order valence-corrected chi connectivity index (χ2v) is 9.35. The highest BCUT2D eigenvalue weighted by Gasteiger charge is 2.40. The Kier molecular flexibility index (Phi) is 7.06. The molecule has 1 saturated heterocycles. The first-order valence-corrected chi connectivity index (χ1v) is 9.90. The predicted octanol–water partition coefficient (Wildman–Crippen LogP) is 2.63. The van der Waals surface area contributed by atoms with Crippen molar-refractivity contribution in [2.24, 2.45) is 5.92 Å². The zero-order chi connectivity index (χ0) is 21.8. The summed E-state index contributed by atoms with van der Waals surface area (Å²) in [5.41, 5.74) is 2.55. The van der Waals surface area contributed by atoms with E-state index < -0.39 is 35.1 Å². The normalized spacial score (nSPS) is 20.3. The molecular formula is C22H32N2O5. The maximum atomic E-state index is 13.0. The Hall–Kier alpha value is -2.41. The number of carbonyl (C=O) groups excluding carboxylic acids is 3. The van der Waals surface area contributed by atoms with Crippen LogP contribution in [-0.2, 0) is 30.3 Å². The van der Waals surface area contributed by atoms with Gasteiger partial charge in [0.25, 0.3) is 0 Å². The second kappa shape index (κ2) is 8.95. The van der Waals surface area contributed by atoms with Crippen LogP contribution >= 0.6 is 0 Å². The predicted molar refractivity (Wildman–Crippen MR) is 109 cm³/mol. The number of hydrazine groups is 1. The van der Waals surface area contributed by atoms with Gasteiger partial charge in [0.15, 0.2) is 0 Å². The Morgan fingerprint density at radius 1 is 1.03 bits per heavy atom. The van der Waals surface area contributed by atoms with E-state index in [0.29, 0.717) is 12.8 Å². The quantitative estimate of drug-likeness (QED) is 0.760. The van der Waals surface area contributed by atoms with Gasteiger partial charge in [-0.05, 0) is 59.9 Å². The monoisotopic (exact) mass is 404 g/mol. The summed E-state index contributed by atoms with van der Waals surface area (Å²) in [6.45, 7) is 10.4. The van der Waals surface area contributed by atoms with Gasteiger partial charge in [-0.3, -0.25) is 19.4 Å². The average Bonchev–Trinajstić information content (AvgIpc) is 2.56. The summed E-state index contributed by atoms with van der Waals surface area (Å²) in [4.78, 5) is 37.9. The molecule has 1 N–H and O–H groups in total. The lowest BCUT2D eigenvalue weighted by molar-refractivity contribution is -0.171.